The van der Waals surface area contributed by atoms with E-state index in [1.165, 1.54) is 6.07 Å². The summed E-state index contributed by atoms with van der Waals surface area (Å²) >= 11 is 0. The number of nitrogens with zero attached hydrogens (tertiary/aromatic N) is 3. The van der Waals surface area contributed by atoms with Gasteiger partial charge in [0.05, 0.1) is 27.5 Å². The number of benzene rings is 2. The van der Waals surface area contributed by atoms with Crippen molar-refractivity contribution in [1.82, 2.24) is 15.0 Å². The molecule has 40 heavy (non-hydrogen) atoms. The lowest BCUT2D eigenvalue weighted by molar-refractivity contribution is -0.110. The third kappa shape index (κ3) is 5.56. The van der Waals surface area contributed by atoms with Crippen LogP contribution in [0.4, 0.5) is 18.9 Å². The minimum absolute atomic E-state index is 0.0534. The summed E-state index contributed by atoms with van der Waals surface area (Å²) in [5.74, 6) is -2.95. The summed E-state index contributed by atoms with van der Waals surface area (Å²) in [6.45, 7) is 2.92. The van der Waals surface area contributed by atoms with Crippen molar-refractivity contribution < 1.29 is 32.0 Å². The fourth-order valence-electron chi connectivity index (χ4n) is 4.49. The van der Waals surface area contributed by atoms with Gasteiger partial charge in [0.2, 0.25) is 0 Å². The number of halogens is 3. The third-order valence-electron chi connectivity index (χ3n) is 6.89. The summed E-state index contributed by atoms with van der Waals surface area (Å²) in [5, 5.41) is 8.98. The molecule has 1 aliphatic rings. The molecule has 0 unspecified atom stereocenters. The van der Waals surface area contributed by atoms with Gasteiger partial charge in [-0.15, -0.1) is 0 Å². The fraction of sp³-hybridized carbons (Fsp3) is 0.357. The van der Waals surface area contributed by atoms with Crippen molar-refractivity contribution >= 4 is 26.6 Å². The maximum Gasteiger partial charge on any atom is 0.312 e. The molecular weight excluding hydrogens is 545 g/mol. The highest BCUT2D eigenvalue weighted by Crippen LogP contribution is 2.36. The van der Waals surface area contributed by atoms with Crippen LogP contribution in [0.5, 0.6) is 6.01 Å². The van der Waals surface area contributed by atoms with E-state index in [9.17, 15) is 17.4 Å². The molecule has 0 radical (unpaired) electrons. The van der Waals surface area contributed by atoms with Gasteiger partial charge in [0.1, 0.15) is 11.8 Å². The summed E-state index contributed by atoms with van der Waals surface area (Å²) in [6.07, 6.45) is -3.28. The first-order chi connectivity index (χ1) is 19.2. The largest absolute Gasteiger partial charge is 0.452 e. The summed E-state index contributed by atoms with van der Waals surface area (Å²) in [4.78, 5) is 11.1. The predicted octanol–water partition coefficient (Wildman–Crippen LogP) is 5.73. The van der Waals surface area contributed by atoms with Crippen molar-refractivity contribution in [3.63, 3.8) is 0 Å². The first-order valence-corrected chi connectivity index (χ1v) is 14.8. The highest BCUT2D eigenvalue weighted by Gasteiger charge is 2.55. The van der Waals surface area contributed by atoms with E-state index in [0.717, 1.165) is 11.1 Å². The van der Waals surface area contributed by atoms with Gasteiger partial charge in [-0.25, -0.2) is 13.6 Å². The molecule has 5 rings (SSSR count). The van der Waals surface area contributed by atoms with Gasteiger partial charge in [0, 0.05) is 36.2 Å². The molecule has 0 spiro atoms. The summed E-state index contributed by atoms with van der Waals surface area (Å²) in [6, 6.07) is 15.5. The summed E-state index contributed by atoms with van der Waals surface area (Å²) < 4.78 is 71.5. The van der Waals surface area contributed by atoms with Crippen LogP contribution in [0.1, 0.15) is 20.3 Å². The van der Waals surface area contributed by atoms with Crippen molar-refractivity contribution in [3.8, 4) is 28.4 Å². The van der Waals surface area contributed by atoms with E-state index < -0.39 is 40.3 Å². The average Bonchev–Trinajstić information content (AvgIpc) is 3.47. The second-order valence-electron chi connectivity index (χ2n) is 9.41. The second-order valence-corrected chi connectivity index (χ2v) is 12.3. The Morgan fingerprint density at radius 2 is 1.70 bits per heavy atom. The van der Waals surface area contributed by atoms with Crippen molar-refractivity contribution in [2.24, 2.45) is 4.36 Å². The normalized spacial score (nSPS) is 18.8. The van der Waals surface area contributed by atoms with Crippen LogP contribution in [0, 0.1) is 5.82 Å². The lowest BCUT2D eigenvalue weighted by Crippen LogP contribution is -2.42. The summed E-state index contributed by atoms with van der Waals surface area (Å²) in [7, 11) is -2.25. The maximum absolute atomic E-state index is 15.0. The Balaban J connectivity index is 1.35. The van der Waals surface area contributed by atoms with Crippen LogP contribution < -0.4 is 4.74 Å². The zero-order valence-corrected chi connectivity index (χ0v) is 22.8. The van der Waals surface area contributed by atoms with Crippen molar-refractivity contribution in [1.29, 1.82) is 0 Å². The van der Waals surface area contributed by atoms with Crippen molar-refractivity contribution in [2.75, 3.05) is 24.7 Å². The molecule has 2 aromatic heterocycles. The van der Waals surface area contributed by atoms with E-state index in [4.69, 9.17) is 14.6 Å². The van der Waals surface area contributed by atoms with Gasteiger partial charge in [0.25, 0.3) is 6.01 Å². The van der Waals surface area contributed by atoms with Crippen LogP contribution in [-0.4, -0.2) is 67.1 Å². The number of nitrogens with one attached hydrogen (secondary N) is 1. The first kappa shape index (κ1) is 28.1. The Labute approximate surface area is 229 Å². The van der Waals surface area contributed by atoms with Crippen LogP contribution in [-0.2, 0) is 14.5 Å². The van der Waals surface area contributed by atoms with E-state index >= 15 is 0 Å². The van der Waals surface area contributed by atoms with Gasteiger partial charge >= 0.3 is 5.92 Å². The molecule has 0 saturated carbocycles. The molecule has 1 aliphatic heterocycles. The molecule has 1 fully saturated rings. The number of fused-ring (bicyclic) bond motifs is 1. The average molecular weight is 575 g/mol. The number of aromatic nitrogens is 3. The minimum atomic E-state index is -3.32. The number of hydrogen-bond acceptors (Lipinski definition) is 7. The van der Waals surface area contributed by atoms with E-state index in [-0.39, 0.29) is 35.9 Å². The quantitative estimate of drug-likeness (QED) is 0.264. The maximum atomic E-state index is 15.0. The number of hydrogen-bond donors (Lipinski definition) is 2. The second kappa shape index (κ2) is 11.2. The van der Waals surface area contributed by atoms with Crippen LogP contribution in [0.25, 0.3) is 33.5 Å². The smallest absolute Gasteiger partial charge is 0.312 e. The summed E-state index contributed by atoms with van der Waals surface area (Å²) in [5.41, 5.74) is 3.33. The third-order valence-corrected chi connectivity index (χ3v) is 9.24. The number of aliphatic hydroxyl groups excluding tert-OH is 1. The van der Waals surface area contributed by atoms with Gasteiger partial charge in [-0.2, -0.15) is 18.1 Å². The number of pyridine rings is 1. The number of rotatable bonds is 9. The SMILES string of the molecule is CCS(=O)(CC)=Nc1ccc(-c2ccc(-c3nc4nc(O[C@@H]5CO[C@H](CCO)C5(F)F)[nH]c4cc3F)cc2)cc1. The minimum Gasteiger partial charge on any atom is -0.452 e. The Hall–Kier alpha value is -3.48. The Morgan fingerprint density at radius 3 is 2.33 bits per heavy atom. The molecule has 1 saturated heterocycles. The Kier molecular flexibility index (Phi) is 7.85. The number of ether oxygens (including phenoxy) is 2. The molecule has 2 aromatic carbocycles. The number of imidazole rings is 1. The number of aromatic amines is 1. The van der Waals surface area contributed by atoms with Crippen LogP contribution in [0.2, 0.25) is 0 Å². The first-order valence-electron chi connectivity index (χ1n) is 12.9. The lowest BCUT2D eigenvalue weighted by Gasteiger charge is -2.21. The van der Waals surface area contributed by atoms with Gasteiger partial charge in [-0.05, 0) is 23.3 Å². The van der Waals surface area contributed by atoms with E-state index in [1.807, 2.05) is 50.2 Å². The highest BCUT2D eigenvalue weighted by molar-refractivity contribution is 7.93. The van der Waals surface area contributed by atoms with Crippen LogP contribution in [0.15, 0.2) is 59.0 Å². The fourth-order valence-corrected chi connectivity index (χ4v) is 5.66. The highest BCUT2D eigenvalue weighted by atomic mass is 32.2. The number of alkyl halides is 2. The zero-order valence-electron chi connectivity index (χ0n) is 21.9. The van der Waals surface area contributed by atoms with Gasteiger partial charge < -0.3 is 19.6 Å². The van der Waals surface area contributed by atoms with E-state index in [1.54, 1.807) is 12.1 Å². The molecule has 12 heteroatoms. The molecular formula is C28H29F3N4O4S. The molecule has 0 amide bonds. The zero-order chi connectivity index (χ0) is 28.5. The molecule has 0 aliphatic carbocycles. The Morgan fingerprint density at radius 1 is 1.07 bits per heavy atom. The van der Waals surface area contributed by atoms with E-state index in [2.05, 4.69) is 19.3 Å². The molecule has 0 bridgehead atoms. The monoisotopic (exact) mass is 574 g/mol. The van der Waals surface area contributed by atoms with Crippen molar-refractivity contribution in [2.45, 2.75) is 38.4 Å². The predicted molar refractivity (Wildman–Crippen MR) is 147 cm³/mol. The topological polar surface area (TPSA) is 110 Å². The van der Waals surface area contributed by atoms with E-state index in [0.29, 0.717) is 22.8 Å². The molecule has 3 heterocycles. The lowest BCUT2D eigenvalue weighted by atomic mass is 10.0. The molecule has 8 nitrogen and oxygen atoms in total. The van der Waals surface area contributed by atoms with Crippen LogP contribution in [0.3, 0.4) is 0 Å². The number of H-pyrrole nitrogens is 1. The van der Waals surface area contributed by atoms with Gasteiger partial charge in [-0.1, -0.05) is 50.2 Å². The molecule has 212 valence electrons. The van der Waals surface area contributed by atoms with Crippen molar-refractivity contribution in [3.05, 3.63) is 60.4 Å². The molecule has 2 atom stereocenters. The standard InChI is InChI=1S/C28H29F3N4O4S/c1-3-40(37,4-2)35-20-11-9-18(10-12-20)17-5-7-19(8-6-17)25-21(29)15-22-26(33-25)34-27(32-22)39-24-16-38-23(13-14-36)28(24,30)31/h5-12,15,23-24,36H,3-4,13-14,16H2,1-2H3,(H,32,33,34)/t23-,24-/m1/s1. The molecule has 2 N–H and O–H groups in total. The van der Waals surface area contributed by atoms with Gasteiger partial charge in [0.15, 0.2) is 17.6 Å². The Bertz CT molecular complexity index is 1610. The van der Waals surface area contributed by atoms with Gasteiger partial charge in [-0.3, -0.25) is 0 Å². The van der Waals surface area contributed by atoms with Crippen LogP contribution >= 0.6 is 0 Å². The molecule has 4 aromatic rings. The number of aliphatic hydroxyl groups is 1.